The van der Waals surface area contributed by atoms with Gasteiger partial charge in [0.05, 0.1) is 11.0 Å². The fourth-order valence-electron chi connectivity index (χ4n) is 5.51. The van der Waals surface area contributed by atoms with Crippen molar-refractivity contribution in [3.05, 3.63) is 77.4 Å². The molecule has 0 aromatic heterocycles. The lowest BCUT2D eigenvalue weighted by atomic mass is 9.77. The SMILES string of the molecule is CC(=O)C1(C(=O)O)CCCNC1.Cc1ccc2c(c1)C(c1cccc3ccccc13)SCC(=O)N2CC(C)(C)C. The predicted octanol–water partition coefficient (Wildman–Crippen LogP) is 6.39. The van der Waals surface area contributed by atoms with Crippen LogP contribution < -0.4 is 10.2 Å². The average molecular weight is 561 g/mol. The second-order valence-corrected chi connectivity index (χ2v) is 13.2. The molecule has 2 atom stereocenters. The van der Waals surface area contributed by atoms with Crippen molar-refractivity contribution in [1.29, 1.82) is 0 Å². The van der Waals surface area contributed by atoms with Crippen LogP contribution in [0.3, 0.4) is 0 Å². The Kier molecular flexibility index (Phi) is 9.06. The Balaban J connectivity index is 0.000000259. The van der Waals surface area contributed by atoms with Gasteiger partial charge in [-0.05, 0) is 66.6 Å². The number of rotatable bonds is 4. The van der Waals surface area contributed by atoms with Crippen molar-refractivity contribution in [2.24, 2.45) is 10.8 Å². The summed E-state index contributed by atoms with van der Waals surface area (Å²) in [7, 11) is 0. The average Bonchev–Trinajstić information content (AvgIpc) is 3.04. The van der Waals surface area contributed by atoms with Gasteiger partial charge in [-0.1, -0.05) is 80.9 Å². The van der Waals surface area contributed by atoms with E-state index in [1.54, 1.807) is 11.8 Å². The maximum absolute atomic E-state index is 13.1. The van der Waals surface area contributed by atoms with Gasteiger partial charge in [0.25, 0.3) is 0 Å². The molecule has 5 rings (SSSR count). The molecule has 1 saturated heterocycles. The van der Waals surface area contributed by atoms with Crippen LogP contribution >= 0.6 is 11.8 Å². The van der Waals surface area contributed by atoms with E-state index in [0.717, 1.165) is 25.2 Å². The number of piperidine rings is 1. The van der Waals surface area contributed by atoms with Crippen molar-refractivity contribution in [1.82, 2.24) is 5.32 Å². The first-order valence-electron chi connectivity index (χ1n) is 13.9. The largest absolute Gasteiger partial charge is 0.480 e. The summed E-state index contributed by atoms with van der Waals surface area (Å²) in [6.07, 6.45) is 1.22. The van der Waals surface area contributed by atoms with E-state index in [0.29, 0.717) is 12.2 Å². The second-order valence-electron chi connectivity index (χ2n) is 12.1. The number of nitrogens with one attached hydrogen (secondary N) is 1. The fraction of sp³-hybridized carbons (Fsp3) is 0.424. The van der Waals surface area contributed by atoms with Crippen molar-refractivity contribution >= 4 is 45.9 Å². The molecule has 2 N–H and O–H groups in total. The van der Waals surface area contributed by atoms with Crippen LogP contribution in [-0.4, -0.2) is 48.2 Å². The Morgan fingerprint density at radius 1 is 1.07 bits per heavy atom. The predicted molar refractivity (Wildman–Crippen MR) is 164 cm³/mol. The highest BCUT2D eigenvalue weighted by molar-refractivity contribution is 8.00. The molecule has 2 aliphatic rings. The van der Waals surface area contributed by atoms with Gasteiger partial charge in [0.15, 0.2) is 0 Å². The molecule has 7 heteroatoms. The quantitative estimate of drug-likeness (QED) is 0.360. The number of nitrogens with zero attached hydrogens (tertiary/aromatic N) is 1. The van der Waals surface area contributed by atoms with Crippen LogP contribution in [0.25, 0.3) is 10.8 Å². The molecule has 3 aromatic rings. The van der Waals surface area contributed by atoms with E-state index in [4.69, 9.17) is 5.11 Å². The number of carbonyl (C=O) groups excluding carboxylic acids is 2. The first-order chi connectivity index (χ1) is 18.9. The minimum absolute atomic E-state index is 0.0434. The van der Waals surface area contributed by atoms with Gasteiger partial charge in [0.1, 0.15) is 11.2 Å². The lowest BCUT2D eigenvalue weighted by Crippen LogP contribution is -2.49. The molecule has 1 fully saturated rings. The van der Waals surface area contributed by atoms with Crippen LogP contribution in [0, 0.1) is 17.8 Å². The van der Waals surface area contributed by atoms with Gasteiger partial charge < -0.3 is 15.3 Å². The van der Waals surface area contributed by atoms with Gasteiger partial charge in [0, 0.05) is 18.8 Å². The highest BCUT2D eigenvalue weighted by Gasteiger charge is 2.44. The van der Waals surface area contributed by atoms with E-state index in [2.05, 4.69) is 93.7 Å². The van der Waals surface area contributed by atoms with E-state index < -0.39 is 11.4 Å². The molecule has 212 valence electrons. The zero-order chi connectivity index (χ0) is 29.1. The number of aryl methyl sites for hydroxylation is 1. The van der Waals surface area contributed by atoms with Gasteiger partial charge in [-0.2, -0.15) is 0 Å². The summed E-state index contributed by atoms with van der Waals surface area (Å²) in [5.41, 5.74) is 3.72. The minimum atomic E-state index is -1.15. The zero-order valence-corrected chi connectivity index (χ0v) is 24.9. The highest BCUT2D eigenvalue weighted by Crippen LogP contribution is 2.46. The smallest absolute Gasteiger partial charge is 0.318 e. The van der Waals surface area contributed by atoms with Crippen molar-refractivity contribution in [3.8, 4) is 0 Å². The van der Waals surface area contributed by atoms with Crippen molar-refractivity contribution in [2.45, 2.75) is 52.7 Å². The third-order valence-corrected chi connectivity index (χ3v) is 8.89. The zero-order valence-electron chi connectivity index (χ0n) is 24.1. The Bertz CT molecular complexity index is 1380. The summed E-state index contributed by atoms with van der Waals surface area (Å²) in [4.78, 5) is 37.1. The van der Waals surface area contributed by atoms with Gasteiger partial charge in [0.2, 0.25) is 5.91 Å². The van der Waals surface area contributed by atoms with Crippen molar-refractivity contribution in [2.75, 3.05) is 30.3 Å². The molecular formula is C33H40N2O4S. The Morgan fingerprint density at radius 2 is 1.80 bits per heavy atom. The molecule has 40 heavy (non-hydrogen) atoms. The monoisotopic (exact) mass is 560 g/mol. The fourth-order valence-corrected chi connectivity index (χ4v) is 6.73. The molecule has 1 amide bonds. The summed E-state index contributed by atoms with van der Waals surface area (Å²) >= 11 is 1.75. The number of ketones is 1. The van der Waals surface area contributed by atoms with Crippen LogP contribution in [0.15, 0.2) is 60.7 Å². The number of fused-ring (bicyclic) bond motifs is 2. The number of benzene rings is 3. The third-order valence-electron chi connectivity index (χ3n) is 7.64. The minimum Gasteiger partial charge on any atom is -0.480 e. The summed E-state index contributed by atoms with van der Waals surface area (Å²) < 4.78 is 0. The first kappa shape index (κ1) is 29.8. The number of carboxylic acid groups (broad SMARTS) is 1. The second kappa shape index (κ2) is 12.1. The third kappa shape index (κ3) is 6.42. The molecule has 0 spiro atoms. The molecule has 2 unspecified atom stereocenters. The maximum atomic E-state index is 13.1. The van der Waals surface area contributed by atoms with E-state index in [1.807, 2.05) is 4.90 Å². The molecular weight excluding hydrogens is 520 g/mol. The first-order valence-corrected chi connectivity index (χ1v) is 14.9. The molecule has 0 bridgehead atoms. The standard InChI is InChI=1S/C25H27NOS.C8H13NO3/c1-17-12-13-22-21(14-17)24(28-15-23(27)26(22)16-25(2,3)4)20-11-7-9-18-8-5-6-10-19(18)20;1-6(10)8(7(11)12)3-2-4-9-5-8/h5-14,24H,15-16H2,1-4H3;9H,2-5H2,1H3,(H,11,12). The lowest BCUT2D eigenvalue weighted by molar-refractivity contribution is -0.155. The number of amides is 1. The van der Waals surface area contributed by atoms with Crippen molar-refractivity contribution in [3.63, 3.8) is 0 Å². The molecule has 6 nitrogen and oxygen atoms in total. The van der Waals surface area contributed by atoms with E-state index >= 15 is 0 Å². The highest BCUT2D eigenvalue weighted by atomic mass is 32.2. The van der Waals surface area contributed by atoms with Crippen molar-refractivity contribution < 1.29 is 19.5 Å². The number of anilines is 1. The molecule has 0 aliphatic carbocycles. The molecule has 3 aromatic carbocycles. The van der Waals surface area contributed by atoms with Crippen LogP contribution in [0.1, 0.15) is 62.5 Å². The van der Waals surface area contributed by atoms with E-state index in [1.165, 1.54) is 34.4 Å². The molecule has 2 heterocycles. The van der Waals surface area contributed by atoms with Crippen LogP contribution in [0.4, 0.5) is 5.69 Å². The normalized spacial score (nSPS) is 21.2. The number of carbonyl (C=O) groups is 3. The van der Waals surface area contributed by atoms with E-state index in [-0.39, 0.29) is 28.9 Å². The number of hydrogen-bond acceptors (Lipinski definition) is 5. The summed E-state index contributed by atoms with van der Waals surface area (Å²) in [6, 6.07) is 21.6. The maximum Gasteiger partial charge on any atom is 0.318 e. The van der Waals surface area contributed by atoms with Gasteiger partial charge in [-0.3, -0.25) is 14.4 Å². The van der Waals surface area contributed by atoms with Crippen LogP contribution in [0.5, 0.6) is 0 Å². The number of hydrogen-bond donors (Lipinski definition) is 2. The van der Waals surface area contributed by atoms with E-state index in [9.17, 15) is 14.4 Å². The Morgan fingerprint density at radius 3 is 2.42 bits per heavy atom. The number of Topliss-reactive ketones (excluding diaryl/α,β-unsaturated/α-hetero) is 1. The van der Waals surface area contributed by atoms with Crippen LogP contribution in [0.2, 0.25) is 0 Å². The number of aliphatic carboxylic acids is 1. The molecule has 2 aliphatic heterocycles. The topological polar surface area (TPSA) is 86.7 Å². The Hall–Kier alpha value is -3.16. The Labute approximate surface area is 241 Å². The van der Waals surface area contributed by atoms with Gasteiger partial charge >= 0.3 is 5.97 Å². The molecule has 0 radical (unpaired) electrons. The number of thioether (sulfide) groups is 1. The lowest BCUT2D eigenvalue weighted by Gasteiger charge is -2.30. The summed E-state index contributed by atoms with van der Waals surface area (Å²) in [6.45, 7) is 11.9. The molecule has 0 saturated carbocycles. The van der Waals surface area contributed by atoms with Gasteiger partial charge in [-0.15, -0.1) is 11.8 Å². The van der Waals surface area contributed by atoms with Crippen LogP contribution in [-0.2, 0) is 14.4 Å². The number of carboxylic acids is 1. The summed E-state index contributed by atoms with van der Waals surface area (Å²) in [5.74, 6) is -0.547. The van der Waals surface area contributed by atoms with Gasteiger partial charge in [-0.25, -0.2) is 0 Å². The summed E-state index contributed by atoms with van der Waals surface area (Å²) in [5, 5.41) is 14.5.